The Morgan fingerprint density at radius 3 is 2.94 bits per heavy atom. The Kier molecular flexibility index (Phi) is 4.32. The first-order valence-corrected chi connectivity index (χ1v) is 6.66. The third-order valence-electron chi connectivity index (χ3n) is 2.61. The molecule has 0 fully saturated rings. The van der Waals surface area contributed by atoms with Gasteiger partial charge in [0.05, 0.1) is 12.0 Å². The predicted molar refractivity (Wildman–Crippen MR) is 76.0 cm³/mol. The van der Waals surface area contributed by atoms with E-state index in [9.17, 15) is 5.11 Å². The summed E-state index contributed by atoms with van der Waals surface area (Å²) in [5.41, 5.74) is 1.84. The number of benzene rings is 1. The lowest BCUT2D eigenvalue weighted by molar-refractivity contribution is 0.162. The zero-order valence-corrected chi connectivity index (χ0v) is 12.1. The molecule has 0 spiro atoms. The number of aliphatic hydroxyl groups excluding tert-OH is 1. The highest BCUT2D eigenvalue weighted by atomic mass is 79.9. The minimum Gasteiger partial charge on any atom is -0.467 e. The van der Waals surface area contributed by atoms with Crippen molar-refractivity contribution >= 4 is 33.2 Å². The molecule has 0 saturated carbocycles. The maximum Gasteiger partial charge on any atom is 0.134 e. The van der Waals surface area contributed by atoms with Gasteiger partial charge in [-0.25, -0.2) is 0 Å². The van der Waals surface area contributed by atoms with E-state index in [1.807, 2.05) is 19.1 Å². The maximum absolute atomic E-state index is 9.88. The van der Waals surface area contributed by atoms with Crippen LogP contribution in [0.4, 0.5) is 5.69 Å². The van der Waals surface area contributed by atoms with Gasteiger partial charge in [-0.05, 0) is 52.7 Å². The summed E-state index contributed by atoms with van der Waals surface area (Å²) in [6, 6.07) is 7.25. The highest BCUT2D eigenvalue weighted by molar-refractivity contribution is 9.10. The van der Waals surface area contributed by atoms with E-state index in [2.05, 4.69) is 21.2 Å². The monoisotopic (exact) mass is 329 g/mol. The summed E-state index contributed by atoms with van der Waals surface area (Å²) >= 11 is 9.51. The van der Waals surface area contributed by atoms with Gasteiger partial charge < -0.3 is 14.8 Å². The molecule has 0 aliphatic rings. The maximum atomic E-state index is 9.88. The van der Waals surface area contributed by atoms with Crippen molar-refractivity contribution in [1.29, 1.82) is 0 Å². The number of hydrogen-bond donors (Lipinski definition) is 2. The number of anilines is 1. The number of halogens is 2. The number of nitrogens with one attached hydrogen (secondary N) is 1. The van der Waals surface area contributed by atoms with E-state index in [-0.39, 0.29) is 0 Å². The summed E-state index contributed by atoms with van der Waals surface area (Å²) in [6.45, 7) is 2.29. The zero-order valence-electron chi connectivity index (χ0n) is 9.78. The van der Waals surface area contributed by atoms with E-state index in [1.54, 1.807) is 12.1 Å². The first-order valence-electron chi connectivity index (χ1n) is 5.49. The summed E-state index contributed by atoms with van der Waals surface area (Å²) in [4.78, 5) is 0. The average molecular weight is 331 g/mol. The number of aryl methyl sites for hydroxylation is 1. The smallest absolute Gasteiger partial charge is 0.134 e. The molecule has 2 N–H and O–H groups in total. The van der Waals surface area contributed by atoms with Gasteiger partial charge in [0.15, 0.2) is 0 Å². The average Bonchev–Trinajstić information content (AvgIpc) is 2.85. The van der Waals surface area contributed by atoms with E-state index in [4.69, 9.17) is 16.0 Å². The Balaban J connectivity index is 2.04. The lowest BCUT2D eigenvalue weighted by Crippen LogP contribution is -2.11. The van der Waals surface area contributed by atoms with Crippen LogP contribution < -0.4 is 5.32 Å². The Bertz CT molecular complexity index is 528. The van der Waals surface area contributed by atoms with Crippen LogP contribution >= 0.6 is 27.5 Å². The largest absolute Gasteiger partial charge is 0.467 e. The lowest BCUT2D eigenvalue weighted by Gasteiger charge is -2.13. The van der Waals surface area contributed by atoms with Crippen molar-refractivity contribution in [2.75, 3.05) is 11.9 Å². The number of aliphatic hydroxyl groups is 1. The molecule has 0 saturated heterocycles. The SMILES string of the molecule is Cc1cc(Br)c(NCC(O)c2ccco2)cc1Cl. The van der Waals surface area contributed by atoms with Crippen LogP contribution in [0.3, 0.4) is 0 Å². The van der Waals surface area contributed by atoms with Crippen molar-refractivity contribution in [3.8, 4) is 0 Å². The molecule has 0 amide bonds. The van der Waals surface area contributed by atoms with Crippen molar-refractivity contribution in [2.24, 2.45) is 0 Å². The zero-order chi connectivity index (χ0) is 13.1. The summed E-state index contributed by atoms with van der Waals surface area (Å²) < 4.78 is 6.04. The molecule has 2 rings (SSSR count). The van der Waals surface area contributed by atoms with Crippen LogP contribution in [0.5, 0.6) is 0 Å². The molecule has 0 radical (unpaired) electrons. The second-order valence-corrected chi connectivity index (χ2v) is 5.25. The Hall–Kier alpha value is -0.970. The lowest BCUT2D eigenvalue weighted by atomic mass is 10.2. The van der Waals surface area contributed by atoms with Crippen molar-refractivity contribution in [1.82, 2.24) is 0 Å². The number of furan rings is 1. The fraction of sp³-hybridized carbons (Fsp3) is 0.231. The summed E-state index contributed by atoms with van der Waals surface area (Å²) in [6.07, 6.45) is 0.851. The van der Waals surface area contributed by atoms with E-state index in [1.165, 1.54) is 6.26 Å². The summed E-state index contributed by atoms with van der Waals surface area (Å²) in [5, 5.41) is 13.7. The number of hydrogen-bond acceptors (Lipinski definition) is 3. The van der Waals surface area contributed by atoms with E-state index < -0.39 is 6.10 Å². The van der Waals surface area contributed by atoms with Gasteiger partial charge in [-0.3, -0.25) is 0 Å². The molecule has 0 bridgehead atoms. The molecule has 1 aromatic carbocycles. The Morgan fingerprint density at radius 2 is 2.28 bits per heavy atom. The van der Waals surface area contributed by atoms with Gasteiger partial charge >= 0.3 is 0 Å². The molecule has 3 nitrogen and oxygen atoms in total. The fourth-order valence-electron chi connectivity index (χ4n) is 1.57. The molecule has 1 unspecified atom stereocenters. The molecule has 18 heavy (non-hydrogen) atoms. The number of rotatable bonds is 4. The van der Waals surface area contributed by atoms with Crippen LogP contribution in [0.1, 0.15) is 17.4 Å². The molecule has 1 atom stereocenters. The van der Waals surface area contributed by atoms with Crippen LogP contribution in [0.15, 0.2) is 39.4 Å². The van der Waals surface area contributed by atoms with Crippen LogP contribution in [0.2, 0.25) is 5.02 Å². The summed E-state index contributed by atoms with van der Waals surface area (Å²) in [5.74, 6) is 0.539. The molecule has 1 heterocycles. The highest BCUT2D eigenvalue weighted by Gasteiger charge is 2.11. The molecule has 0 aliphatic heterocycles. The molecular weight excluding hydrogens is 318 g/mol. The molecule has 0 aliphatic carbocycles. The van der Waals surface area contributed by atoms with E-state index in [0.29, 0.717) is 17.3 Å². The Labute approximate surface area is 119 Å². The quantitative estimate of drug-likeness (QED) is 0.885. The van der Waals surface area contributed by atoms with Gasteiger partial charge in [0.1, 0.15) is 11.9 Å². The fourth-order valence-corrected chi connectivity index (χ4v) is 2.33. The van der Waals surface area contributed by atoms with Gasteiger partial charge in [0.2, 0.25) is 0 Å². The van der Waals surface area contributed by atoms with Crippen molar-refractivity contribution in [3.63, 3.8) is 0 Å². The highest BCUT2D eigenvalue weighted by Crippen LogP contribution is 2.29. The molecule has 96 valence electrons. The first kappa shape index (κ1) is 13.5. The standard InChI is InChI=1S/C13H13BrClNO2/c1-8-5-9(14)11(6-10(8)15)16-7-12(17)13-3-2-4-18-13/h2-6,12,16-17H,7H2,1H3. The van der Waals surface area contributed by atoms with E-state index in [0.717, 1.165) is 15.7 Å². The van der Waals surface area contributed by atoms with Gasteiger partial charge in [-0.15, -0.1) is 0 Å². The van der Waals surface area contributed by atoms with Gasteiger partial charge in [0, 0.05) is 16.0 Å². The van der Waals surface area contributed by atoms with Crippen molar-refractivity contribution in [2.45, 2.75) is 13.0 Å². The third-order valence-corrected chi connectivity index (χ3v) is 3.67. The van der Waals surface area contributed by atoms with Crippen LogP contribution in [0, 0.1) is 6.92 Å². The minimum absolute atomic E-state index is 0.353. The van der Waals surface area contributed by atoms with Gasteiger partial charge in [-0.2, -0.15) is 0 Å². The summed E-state index contributed by atoms with van der Waals surface area (Å²) in [7, 11) is 0. The predicted octanol–water partition coefficient (Wildman–Crippen LogP) is 4.15. The second kappa shape index (κ2) is 5.78. The topological polar surface area (TPSA) is 45.4 Å². The second-order valence-electron chi connectivity index (χ2n) is 3.99. The third kappa shape index (κ3) is 3.07. The Morgan fingerprint density at radius 1 is 1.50 bits per heavy atom. The molecule has 2 aromatic rings. The van der Waals surface area contributed by atoms with Crippen LogP contribution in [-0.2, 0) is 0 Å². The van der Waals surface area contributed by atoms with E-state index >= 15 is 0 Å². The molecule has 5 heteroatoms. The normalized spacial score (nSPS) is 12.4. The van der Waals surface area contributed by atoms with Crippen LogP contribution in [0.25, 0.3) is 0 Å². The minimum atomic E-state index is -0.688. The molecular formula is C13H13BrClNO2. The van der Waals surface area contributed by atoms with Crippen molar-refractivity contribution < 1.29 is 9.52 Å². The first-order chi connectivity index (χ1) is 8.58. The van der Waals surface area contributed by atoms with Gasteiger partial charge in [0.25, 0.3) is 0 Å². The molecule has 1 aromatic heterocycles. The van der Waals surface area contributed by atoms with Crippen molar-refractivity contribution in [3.05, 3.63) is 51.3 Å². The van der Waals surface area contributed by atoms with Crippen LogP contribution in [-0.4, -0.2) is 11.7 Å². The van der Waals surface area contributed by atoms with Gasteiger partial charge in [-0.1, -0.05) is 11.6 Å².